The molecule has 70 valence electrons. The molecule has 0 atom stereocenters. The Hall–Kier alpha value is -1.26. The van der Waals surface area contributed by atoms with Crippen LogP contribution in [0, 0.1) is 0 Å². The molecule has 0 aliphatic heterocycles. The molecule has 1 N–H and O–H groups in total. The molecule has 0 bridgehead atoms. The van der Waals surface area contributed by atoms with Gasteiger partial charge >= 0.3 is 0 Å². The number of halogens is 1. The van der Waals surface area contributed by atoms with E-state index in [0.29, 0.717) is 16.7 Å². The Morgan fingerprint density at radius 3 is 2.57 bits per heavy atom. The maximum Gasteiger partial charge on any atom is 0.181 e. The molecule has 0 aliphatic carbocycles. The minimum absolute atomic E-state index is 0.588. The summed E-state index contributed by atoms with van der Waals surface area (Å²) in [7, 11) is 0. The van der Waals surface area contributed by atoms with E-state index in [4.69, 9.17) is 23.8 Å². The van der Waals surface area contributed by atoms with Gasteiger partial charge in [0.2, 0.25) is 0 Å². The second kappa shape index (κ2) is 3.86. The normalized spacial score (nSPS) is 10.1. The molecule has 5 heteroatoms. The van der Waals surface area contributed by atoms with E-state index in [1.165, 1.54) is 5.37 Å². The van der Waals surface area contributed by atoms with Crippen molar-refractivity contribution in [1.82, 2.24) is 15.2 Å². The van der Waals surface area contributed by atoms with Crippen LogP contribution in [0.15, 0.2) is 24.3 Å². The fourth-order valence-electron chi connectivity index (χ4n) is 1.06. The van der Waals surface area contributed by atoms with Gasteiger partial charge in [-0.1, -0.05) is 23.8 Å². The van der Waals surface area contributed by atoms with Crippen LogP contribution in [0.5, 0.6) is 0 Å². The summed E-state index contributed by atoms with van der Waals surface area (Å²) in [5.74, 6) is 1.21. The molecule has 1 aromatic carbocycles. The lowest BCUT2D eigenvalue weighted by molar-refractivity contribution is 1.09. The van der Waals surface area contributed by atoms with Crippen LogP contribution in [0.1, 0.15) is 5.82 Å². The third-order valence-electron chi connectivity index (χ3n) is 1.72. The Morgan fingerprint density at radius 1 is 1.29 bits per heavy atom. The average Bonchev–Trinajstić information content (AvgIpc) is 2.67. The molecule has 1 aromatic heterocycles. The molecule has 0 aliphatic rings. The van der Waals surface area contributed by atoms with Crippen LogP contribution < -0.4 is 0 Å². The van der Waals surface area contributed by atoms with Crippen LogP contribution in [0.2, 0.25) is 5.02 Å². The highest BCUT2D eigenvalue weighted by Gasteiger charge is 2.03. The summed E-state index contributed by atoms with van der Waals surface area (Å²) in [6.07, 6.45) is 0. The first-order valence-electron chi connectivity index (χ1n) is 3.93. The van der Waals surface area contributed by atoms with Crippen LogP contribution in [0.4, 0.5) is 0 Å². The number of aromatic amines is 1. The maximum absolute atomic E-state index is 5.76. The lowest BCUT2D eigenvalue weighted by atomic mass is 10.2. The van der Waals surface area contributed by atoms with Crippen molar-refractivity contribution in [2.24, 2.45) is 0 Å². The van der Waals surface area contributed by atoms with Gasteiger partial charge in [-0.25, -0.2) is 4.98 Å². The van der Waals surface area contributed by atoms with E-state index in [-0.39, 0.29) is 0 Å². The summed E-state index contributed by atoms with van der Waals surface area (Å²) >= 11 is 10.5. The molecular formula is C9H6ClN3S. The smallest absolute Gasteiger partial charge is 0.181 e. The number of benzene rings is 1. The summed E-state index contributed by atoms with van der Waals surface area (Å²) in [6, 6.07) is 7.31. The molecule has 3 nitrogen and oxygen atoms in total. The van der Waals surface area contributed by atoms with Crippen LogP contribution in [-0.4, -0.2) is 20.5 Å². The predicted molar refractivity (Wildman–Crippen MR) is 59.6 cm³/mol. The fraction of sp³-hybridized carbons (Fsp3) is 0. The van der Waals surface area contributed by atoms with E-state index in [1.54, 1.807) is 12.1 Å². The van der Waals surface area contributed by atoms with Crippen molar-refractivity contribution < 1.29 is 0 Å². The first-order valence-corrected chi connectivity index (χ1v) is 4.78. The topological polar surface area (TPSA) is 41.6 Å². The van der Waals surface area contributed by atoms with E-state index in [2.05, 4.69) is 15.2 Å². The third kappa shape index (κ3) is 1.81. The van der Waals surface area contributed by atoms with Crippen molar-refractivity contribution in [2.75, 3.05) is 0 Å². The van der Waals surface area contributed by atoms with Gasteiger partial charge in [-0.05, 0) is 24.3 Å². The number of nitrogens with one attached hydrogen (secondary N) is 1. The SMILES string of the molecule is S=Cc1nc(-c2ccc(Cl)cc2)n[nH]1. The van der Waals surface area contributed by atoms with Gasteiger partial charge in [-0.15, -0.1) is 0 Å². The first-order chi connectivity index (χ1) is 6.79. The number of hydrogen-bond acceptors (Lipinski definition) is 3. The molecule has 2 rings (SSSR count). The molecular weight excluding hydrogens is 218 g/mol. The van der Waals surface area contributed by atoms with Crippen molar-refractivity contribution in [1.29, 1.82) is 0 Å². The van der Waals surface area contributed by atoms with Gasteiger partial charge in [0.1, 0.15) is 0 Å². The minimum atomic E-state index is 0.588. The Balaban J connectivity index is 2.39. The Kier molecular flexibility index (Phi) is 2.56. The number of H-pyrrole nitrogens is 1. The van der Waals surface area contributed by atoms with Crippen molar-refractivity contribution in [3.8, 4) is 11.4 Å². The Bertz CT molecular complexity index is 449. The lowest BCUT2D eigenvalue weighted by Crippen LogP contribution is -1.81. The van der Waals surface area contributed by atoms with Crippen molar-refractivity contribution in [3.63, 3.8) is 0 Å². The van der Waals surface area contributed by atoms with Gasteiger partial charge in [0.25, 0.3) is 0 Å². The van der Waals surface area contributed by atoms with E-state index in [0.717, 1.165) is 5.56 Å². The van der Waals surface area contributed by atoms with E-state index in [1.807, 2.05) is 12.1 Å². The van der Waals surface area contributed by atoms with Gasteiger partial charge in [0.05, 0.1) is 0 Å². The van der Waals surface area contributed by atoms with Gasteiger partial charge in [-0.3, -0.25) is 5.10 Å². The van der Waals surface area contributed by atoms with Crippen LogP contribution in [0.3, 0.4) is 0 Å². The third-order valence-corrected chi connectivity index (χ3v) is 2.19. The van der Waals surface area contributed by atoms with Crippen LogP contribution >= 0.6 is 23.8 Å². The van der Waals surface area contributed by atoms with Crippen LogP contribution in [0.25, 0.3) is 11.4 Å². The first kappa shape index (κ1) is 9.30. The summed E-state index contributed by atoms with van der Waals surface area (Å²) in [6.45, 7) is 0. The Labute approximate surface area is 91.1 Å². The number of aromatic nitrogens is 3. The van der Waals surface area contributed by atoms with Crippen LogP contribution in [-0.2, 0) is 0 Å². The van der Waals surface area contributed by atoms with Crippen molar-refractivity contribution >= 4 is 29.2 Å². The molecule has 0 amide bonds. The fourth-order valence-corrected chi connectivity index (χ4v) is 1.29. The van der Waals surface area contributed by atoms with E-state index < -0.39 is 0 Å². The predicted octanol–water partition coefficient (Wildman–Crippen LogP) is 2.47. The largest absolute Gasteiger partial charge is 0.258 e. The minimum Gasteiger partial charge on any atom is -0.258 e. The van der Waals surface area contributed by atoms with Gasteiger partial charge < -0.3 is 0 Å². The molecule has 2 aromatic rings. The zero-order valence-electron chi connectivity index (χ0n) is 7.07. The number of hydrogen-bond donors (Lipinski definition) is 1. The summed E-state index contributed by atoms with van der Waals surface area (Å²) < 4.78 is 0. The summed E-state index contributed by atoms with van der Waals surface area (Å²) in [5.41, 5.74) is 0.911. The summed E-state index contributed by atoms with van der Waals surface area (Å²) in [5, 5.41) is 8.87. The van der Waals surface area contributed by atoms with Gasteiger partial charge in [0, 0.05) is 16.0 Å². The van der Waals surface area contributed by atoms with Gasteiger partial charge in [-0.2, -0.15) is 5.10 Å². The van der Waals surface area contributed by atoms with Crippen molar-refractivity contribution in [3.05, 3.63) is 35.1 Å². The number of thiocarbonyl (C=S) groups is 1. The number of nitrogens with zero attached hydrogens (tertiary/aromatic N) is 2. The molecule has 0 radical (unpaired) electrons. The molecule has 0 unspecified atom stereocenters. The summed E-state index contributed by atoms with van der Waals surface area (Å²) in [4.78, 5) is 4.16. The molecule has 0 spiro atoms. The second-order valence-corrected chi connectivity index (χ2v) is 3.34. The second-order valence-electron chi connectivity index (χ2n) is 2.67. The molecule has 0 fully saturated rings. The monoisotopic (exact) mass is 223 g/mol. The van der Waals surface area contributed by atoms with E-state index in [9.17, 15) is 0 Å². The van der Waals surface area contributed by atoms with Gasteiger partial charge in [0.15, 0.2) is 11.6 Å². The average molecular weight is 224 g/mol. The highest BCUT2D eigenvalue weighted by molar-refractivity contribution is 7.79. The highest BCUT2D eigenvalue weighted by atomic mass is 35.5. The molecule has 0 saturated heterocycles. The number of rotatable bonds is 2. The molecule has 1 heterocycles. The quantitative estimate of drug-likeness (QED) is 0.796. The highest BCUT2D eigenvalue weighted by Crippen LogP contribution is 2.17. The Morgan fingerprint density at radius 2 is 2.00 bits per heavy atom. The molecule has 0 saturated carbocycles. The lowest BCUT2D eigenvalue weighted by Gasteiger charge is -1.93. The zero-order valence-corrected chi connectivity index (χ0v) is 8.64. The maximum atomic E-state index is 5.76. The molecule has 14 heavy (non-hydrogen) atoms. The zero-order chi connectivity index (χ0) is 9.97. The standard InChI is InChI=1S/C9H6ClN3S/c10-7-3-1-6(2-4-7)9-11-8(5-14)12-13-9/h1-5H,(H,11,12,13). The van der Waals surface area contributed by atoms with E-state index >= 15 is 0 Å². The van der Waals surface area contributed by atoms with Crippen molar-refractivity contribution in [2.45, 2.75) is 0 Å².